The SMILES string of the molecule is COC(=O)C(CCc1ccccc1Br)N=O. The maximum atomic E-state index is 11.1. The second kappa shape index (κ2) is 6.37. The van der Waals surface area contributed by atoms with Gasteiger partial charge in [-0.05, 0) is 24.5 Å². The van der Waals surface area contributed by atoms with Crippen LogP contribution in [0.15, 0.2) is 33.9 Å². The number of nitroso groups, excluding NO2 is 1. The first-order valence-corrected chi connectivity index (χ1v) is 5.62. The van der Waals surface area contributed by atoms with Crippen LogP contribution in [-0.2, 0) is 16.0 Å². The number of rotatable bonds is 5. The number of carbonyl (C=O) groups is 1. The van der Waals surface area contributed by atoms with E-state index in [1.165, 1.54) is 7.11 Å². The van der Waals surface area contributed by atoms with E-state index in [4.69, 9.17) is 0 Å². The molecule has 0 saturated carbocycles. The molecule has 5 heteroatoms. The van der Waals surface area contributed by atoms with Crippen LogP contribution in [-0.4, -0.2) is 19.1 Å². The van der Waals surface area contributed by atoms with Crippen molar-refractivity contribution in [2.45, 2.75) is 18.9 Å². The van der Waals surface area contributed by atoms with E-state index in [2.05, 4.69) is 25.8 Å². The number of carbonyl (C=O) groups excluding carboxylic acids is 1. The molecule has 4 nitrogen and oxygen atoms in total. The van der Waals surface area contributed by atoms with E-state index in [1.54, 1.807) is 0 Å². The minimum atomic E-state index is -0.919. The highest BCUT2D eigenvalue weighted by molar-refractivity contribution is 9.10. The number of methoxy groups -OCH3 is 1. The van der Waals surface area contributed by atoms with Gasteiger partial charge in [0.2, 0.25) is 0 Å². The second-order valence-electron chi connectivity index (χ2n) is 3.27. The molecule has 0 aliphatic rings. The minimum Gasteiger partial charge on any atom is -0.467 e. The van der Waals surface area contributed by atoms with E-state index in [0.717, 1.165) is 10.0 Å². The lowest BCUT2D eigenvalue weighted by atomic mass is 10.1. The fourth-order valence-corrected chi connectivity index (χ4v) is 1.83. The van der Waals surface area contributed by atoms with E-state index < -0.39 is 12.0 Å². The Labute approximate surface area is 102 Å². The zero-order valence-corrected chi connectivity index (χ0v) is 10.4. The number of halogens is 1. The fourth-order valence-electron chi connectivity index (χ4n) is 1.34. The molecule has 1 unspecified atom stereocenters. The molecule has 0 amide bonds. The van der Waals surface area contributed by atoms with Gasteiger partial charge in [0.15, 0.2) is 6.04 Å². The van der Waals surface area contributed by atoms with Gasteiger partial charge in [0, 0.05) is 4.47 Å². The smallest absolute Gasteiger partial charge is 0.334 e. The molecule has 1 atom stereocenters. The quantitative estimate of drug-likeness (QED) is 0.617. The molecule has 0 radical (unpaired) electrons. The van der Waals surface area contributed by atoms with Gasteiger partial charge in [0.05, 0.1) is 7.11 Å². The van der Waals surface area contributed by atoms with E-state index in [0.29, 0.717) is 12.8 Å². The van der Waals surface area contributed by atoms with Crippen molar-refractivity contribution in [2.24, 2.45) is 5.18 Å². The maximum absolute atomic E-state index is 11.1. The van der Waals surface area contributed by atoms with Crippen molar-refractivity contribution in [2.75, 3.05) is 7.11 Å². The summed E-state index contributed by atoms with van der Waals surface area (Å²) in [5, 5.41) is 2.76. The zero-order valence-electron chi connectivity index (χ0n) is 8.85. The van der Waals surface area contributed by atoms with Crippen LogP contribution in [0.1, 0.15) is 12.0 Å². The molecule has 0 aliphatic heterocycles. The summed E-state index contributed by atoms with van der Waals surface area (Å²) in [6.45, 7) is 0. The Bertz CT molecular complexity index is 381. The van der Waals surface area contributed by atoms with Gasteiger partial charge >= 0.3 is 5.97 Å². The van der Waals surface area contributed by atoms with E-state index >= 15 is 0 Å². The summed E-state index contributed by atoms with van der Waals surface area (Å²) >= 11 is 3.40. The molecule has 1 aromatic carbocycles. The van der Waals surface area contributed by atoms with E-state index in [1.807, 2.05) is 24.3 Å². The molecule has 0 fully saturated rings. The van der Waals surface area contributed by atoms with Crippen LogP contribution in [0.2, 0.25) is 0 Å². The van der Waals surface area contributed by atoms with E-state index in [-0.39, 0.29) is 0 Å². The number of benzene rings is 1. The molecule has 1 aromatic rings. The highest BCUT2D eigenvalue weighted by Crippen LogP contribution is 2.18. The monoisotopic (exact) mass is 285 g/mol. The molecule has 16 heavy (non-hydrogen) atoms. The lowest BCUT2D eigenvalue weighted by Gasteiger charge is -2.07. The summed E-state index contributed by atoms with van der Waals surface area (Å²) in [4.78, 5) is 21.6. The molecule has 1 rings (SSSR count). The van der Waals surface area contributed by atoms with Crippen molar-refractivity contribution < 1.29 is 9.53 Å². The van der Waals surface area contributed by atoms with Crippen molar-refractivity contribution in [1.82, 2.24) is 0 Å². The number of esters is 1. The average molecular weight is 286 g/mol. The van der Waals surface area contributed by atoms with Crippen LogP contribution in [0.3, 0.4) is 0 Å². The molecule has 0 aromatic heterocycles. The predicted molar refractivity (Wildman–Crippen MR) is 64.1 cm³/mol. The molecule has 0 N–H and O–H groups in total. The number of nitrogens with zero attached hydrogens (tertiary/aromatic N) is 1. The van der Waals surface area contributed by atoms with Crippen molar-refractivity contribution in [3.63, 3.8) is 0 Å². The van der Waals surface area contributed by atoms with Crippen LogP contribution < -0.4 is 0 Å². The Morgan fingerprint density at radius 1 is 1.50 bits per heavy atom. The van der Waals surface area contributed by atoms with Crippen molar-refractivity contribution in [3.8, 4) is 0 Å². The topological polar surface area (TPSA) is 55.7 Å². The predicted octanol–water partition coefficient (Wildman–Crippen LogP) is 2.69. The number of hydrogen-bond donors (Lipinski definition) is 0. The molecule has 0 spiro atoms. The molecule has 0 bridgehead atoms. The second-order valence-corrected chi connectivity index (χ2v) is 4.13. The third kappa shape index (κ3) is 3.41. The van der Waals surface area contributed by atoms with Gasteiger partial charge in [-0.1, -0.05) is 39.3 Å². The summed E-state index contributed by atoms with van der Waals surface area (Å²) in [5.41, 5.74) is 1.04. The van der Waals surface area contributed by atoms with Crippen molar-refractivity contribution in [3.05, 3.63) is 39.2 Å². The van der Waals surface area contributed by atoms with Gasteiger partial charge in [0.1, 0.15) is 0 Å². The largest absolute Gasteiger partial charge is 0.467 e. The molecular weight excluding hydrogens is 274 g/mol. The molecular formula is C11H12BrNO3. The Morgan fingerprint density at radius 3 is 2.75 bits per heavy atom. The van der Waals surface area contributed by atoms with Gasteiger partial charge in [-0.2, -0.15) is 0 Å². The first-order valence-electron chi connectivity index (χ1n) is 4.82. The van der Waals surface area contributed by atoms with Crippen molar-refractivity contribution in [1.29, 1.82) is 0 Å². The first kappa shape index (κ1) is 12.8. The van der Waals surface area contributed by atoms with Crippen LogP contribution in [0.5, 0.6) is 0 Å². The average Bonchev–Trinajstić information content (AvgIpc) is 2.31. The lowest BCUT2D eigenvalue weighted by Crippen LogP contribution is -2.20. The van der Waals surface area contributed by atoms with Gasteiger partial charge in [-0.15, -0.1) is 4.91 Å². The number of hydrogen-bond acceptors (Lipinski definition) is 4. The van der Waals surface area contributed by atoms with Gasteiger partial charge in [0.25, 0.3) is 0 Å². The van der Waals surface area contributed by atoms with Crippen LogP contribution in [0, 0.1) is 4.91 Å². The standard InChI is InChI=1S/C11H12BrNO3/c1-16-11(14)10(13-15)7-6-8-4-2-3-5-9(8)12/h2-5,10H,6-7H2,1H3. The molecule has 86 valence electrons. The number of ether oxygens (including phenoxy) is 1. The summed E-state index contributed by atoms with van der Waals surface area (Å²) in [7, 11) is 1.25. The van der Waals surface area contributed by atoms with Crippen LogP contribution >= 0.6 is 15.9 Å². The van der Waals surface area contributed by atoms with Crippen LogP contribution in [0.4, 0.5) is 0 Å². The summed E-state index contributed by atoms with van der Waals surface area (Å²) in [6, 6.07) is 6.74. The highest BCUT2D eigenvalue weighted by Gasteiger charge is 2.19. The normalized spacial score (nSPS) is 11.9. The van der Waals surface area contributed by atoms with Gasteiger partial charge < -0.3 is 4.74 Å². The maximum Gasteiger partial charge on any atom is 0.334 e. The third-order valence-electron chi connectivity index (χ3n) is 2.25. The van der Waals surface area contributed by atoms with Gasteiger partial charge in [-0.3, -0.25) is 0 Å². The third-order valence-corrected chi connectivity index (χ3v) is 3.02. The Hall–Kier alpha value is -1.23. The van der Waals surface area contributed by atoms with Gasteiger partial charge in [-0.25, -0.2) is 4.79 Å². The van der Waals surface area contributed by atoms with Crippen LogP contribution in [0.25, 0.3) is 0 Å². The Kier molecular flexibility index (Phi) is 5.11. The summed E-state index contributed by atoms with van der Waals surface area (Å²) in [5.74, 6) is -0.581. The molecule has 0 aliphatic carbocycles. The fraction of sp³-hybridized carbons (Fsp3) is 0.364. The van der Waals surface area contributed by atoms with E-state index in [9.17, 15) is 9.70 Å². The van der Waals surface area contributed by atoms with Crippen molar-refractivity contribution >= 4 is 21.9 Å². The Morgan fingerprint density at radius 2 is 2.19 bits per heavy atom. The molecule has 0 saturated heterocycles. The lowest BCUT2D eigenvalue weighted by molar-refractivity contribution is -0.142. The first-order chi connectivity index (χ1) is 7.69. The highest BCUT2D eigenvalue weighted by atomic mass is 79.9. The Balaban J connectivity index is 2.60. The number of aryl methyl sites for hydroxylation is 1. The summed E-state index contributed by atoms with van der Waals surface area (Å²) < 4.78 is 5.44. The zero-order chi connectivity index (χ0) is 12.0. The minimum absolute atomic E-state index is 0.360. The molecule has 0 heterocycles. The summed E-state index contributed by atoms with van der Waals surface area (Å²) in [6.07, 6.45) is 0.964.